The molecule has 3 heterocycles. The van der Waals surface area contributed by atoms with Gasteiger partial charge >= 0.3 is 0 Å². The van der Waals surface area contributed by atoms with Gasteiger partial charge in [0.15, 0.2) is 5.65 Å². The molecule has 3 aromatic heterocycles. The van der Waals surface area contributed by atoms with Gasteiger partial charge in [0.25, 0.3) is 5.91 Å². The van der Waals surface area contributed by atoms with Crippen molar-refractivity contribution >= 4 is 34.1 Å². The fourth-order valence-corrected chi connectivity index (χ4v) is 4.68. The van der Waals surface area contributed by atoms with Crippen LogP contribution in [0.1, 0.15) is 49.0 Å². The van der Waals surface area contributed by atoms with Crippen molar-refractivity contribution in [3.8, 4) is 5.75 Å². The third kappa shape index (κ3) is 3.95. The number of hydrogen-bond acceptors (Lipinski definition) is 6. The predicted octanol–water partition coefficient (Wildman–Crippen LogP) is 3.30. The number of fused-ring (bicyclic) bond motifs is 2. The van der Waals surface area contributed by atoms with Crippen molar-refractivity contribution < 1.29 is 14.3 Å². The zero-order chi connectivity index (χ0) is 23.8. The van der Waals surface area contributed by atoms with Gasteiger partial charge in [-0.05, 0) is 37.8 Å². The fourth-order valence-electron chi connectivity index (χ4n) is 4.68. The average Bonchev–Trinajstić information content (AvgIpc) is 3.46. The van der Waals surface area contributed by atoms with E-state index in [0.29, 0.717) is 22.6 Å². The van der Waals surface area contributed by atoms with E-state index in [1.807, 2.05) is 22.8 Å². The van der Waals surface area contributed by atoms with E-state index in [-0.39, 0.29) is 23.9 Å². The smallest absolute Gasteiger partial charge is 0.259 e. The molecule has 0 spiro atoms. The number of ether oxygens (including phenoxy) is 1. The van der Waals surface area contributed by atoms with E-state index in [4.69, 9.17) is 9.84 Å². The SMILES string of the molecule is COc1cc2nn(C3CCC(N(C)C(C)=O)CC3)cc2cc1C(=O)Nc1cnn2cccnc12. The monoisotopic (exact) mass is 461 g/mol. The van der Waals surface area contributed by atoms with Gasteiger partial charge in [-0.1, -0.05) is 0 Å². The topological polar surface area (TPSA) is 107 Å². The molecule has 0 radical (unpaired) electrons. The highest BCUT2D eigenvalue weighted by atomic mass is 16.5. The minimum Gasteiger partial charge on any atom is -0.496 e. The second-order valence-electron chi connectivity index (χ2n) is 8.71. The molecule has 1 aliphatic rings. The molecule has 2 amide bonds. The number of benzene rings is 1. The molecule has 5 rings (SSSR count). The molecule has 0 aliphatic heterocycles. The van der Waals surface area contributed by atoms with Gasteiger partial charge in [-0.2, -0.15) is 10.2 Å². The lowest BCUT2D eigenvalue weighted by Gasteiger charge is -2.34. The summed E-state index contributed by atoms with van der Waals surface area (Å²) < 4.78 is 9.11. The molecule has 1 fully saturated rings. The van der Waals surface area contributed by atoms with Gasteiger partial charge in [0.05, 0.1) is 30.4 Å². The first kappa shape index (κ1) is 21.9. The minimum atomic E-state index is -0.306. The molecular weight excluding hydrogens is 434 g/mol. The van der Waals surface area contributed by atoms with E-state index in [9.17, 15) is 9.59 Å². The van der Waals surface area contributed by atoms with Crippen molar-refractivity contribution in [3.05, 3.63) is 48.5 Å². The maximum absolute atomic E-state index is 13.1. The Bertz CT molecular complexity index is 1370. The van der Waals surface area contributed by atoms with Gasteiger partial charge in [0, 0.05) is 50.1 Å². The quantitative estimate of drug-likeness (QED) is 0.489. The second-order valence-corrected chi connectivity index (χ2v) is 8.71. The van der Waals surface area contributed by atoms with Crippen LogP contribution in [0.15, 0.2) is 43.0 Å². The normalized spacial score (nSPS) is 18.2. The third-order valence-electron chi connectivity index (χ3n) is 6.70. The summed E-state index contributed by atoms with van der Waals surface area (Å²) in [7, 11) is 3.41. The van der Waals surface area contributed by atoms with E-state index in [1.54, 1.807) is 55.3 Å². The summed E-state index contributed by atoms with van der Waals surface area (Å²) in [5.41, 5.74) is 2.27. The maximum atomic E-state index is 13.1. The van der Waals surface area contributed by atoms with E-state index >= 15 is 0 Å². The average molecular weight is 462 g/mol. The Morgan fingerprint density at radius 3 is 2.74 bits per heavy atom. The largest absolute Gasteiger partial charge is 0.496 e. The summed E-state index contributed by atoms with van der Waals surface area (Å²) in [6, 6.07) is 5.92. The van der Waals surface area contributed by atoms with Gasteiger partial charge in [0.2, 0.25) is 5.91 Å². The highest BCUT2D eigenvalue weighted by Crippen LogP contribution is 2.33. The maximum Gasteiger partial charge on any atom is 0.259 e. The van der Waals surface area contributed by atoms with E-state index in [2.05, 4.69) is 15.4 Å². The molecule has 0 saturated heterocycles. The number of amides is 2. The Kier molecular flexibility index (Phi) is 5.64. The molecule has 1 N–H and O–H groups in total. The highest BCUT2D eigenvalue weighted by Gasteiger charge is 2.27. The van der Waals surface area contributed by atoms with Gasteiger partial charge < -0.3 is 15.0 Å². The van der Waals surface area contributed by atoms with Crippen LogP contribution in [-0.2, 0) is 4.79 Å². The van der Waals surface area contributed by atoms with Crippen LogP contribution in [-0.4, -0.2) is 61.3 Å². The van der Waals surface area contributed by atoms with Crippen molar-refractivity contribution in [2.24, 2.45) is 0 Å². The second kappa shape index (κ2) is 8.77. The van der Waals surface area contributed by atoms with Crippen molar-refractivity contribution in [1.82, 2.24) is 29.3 Å². The molecule has 34 heavy (non-hydrogen) atoms. The van der Waals surface area contributed by atoms with E-state index in [1.165, 1.54) is 0 Å². The van der Waals surface area contributed by atoms with Gasteiger partial charge in [-0.25, -0.2) is 9.50 Å². The standard InChI is InChI=1S/C24H27N7O3/c1-15(32)29(2)17-5-7-18(8-6-17)31-14-16-11-19(22(34-3)12-20(16)28-31)24(33)27-21-13-26-30-10-4-9-25-23(21)30/h4,9-14,17-18H,5-8H2,1-3H3,(H,27,33). The van der Waals surface area contributed by atoms with Crippen molar-refractivity contribution in [1.29, 1.82) is 0 Å². The fraction of sp³-hybridized carbons (Fsp3) is 0.375. The number of aromatic nitrogens is 5. The van der Waals surface area contributed by atoms with Crippen LogP contribution in [0.25, 0.3) is 16.6 Å². The Morgan fingerprint density at radius 2 is 2.00 bits per heavy atom. The van der Waals surface area contributed by atoms with Crippen molar-refractivity contribution in [2.45, 2.75) is 44.7 Å². The molecule has 10 nitrogen and oxygen atoms in total. The lowest BCUT2D eigenvalue weighted by Crippen LogP contribution is -2.38. The number of anilines is 1. The molecule has 1 aromatic carbocycles. The van der Waals surface area contributed by atoms with Crippen molar-refractivity contribution in [3.63, 3.8) is 0 Å². The summed E-state index contributed by atoms with van der Waals surface area (Å²) in [6.07, 6.45) is 10.8. The molecule has 0 atom stereocenters. The zero-order valence-corrected chi connectivity index (χ0v) is 19.4. The number of nitrogens with one attached hydrogen (secondary N) is 1. The number of carbonyl (C=O) groups excluding carboxylic acids is 2. The Balaban J connectivity index is 1.38. The number of rotatable bonds is 5. The molecule has 1 saturated carbocycles. The van der Waals surface area contributed by atoms with Crippen LogP contribution in [0, 0.1) is 0 Å². The summed E-state index contributed by atoms with van der Waals surface area (Å²) in [5, 5.41) is 12.7. The van der Waals surface area contributed by atoms with Crippen LogP contribution >= 0.6 is 0 Å². The number of carbonyl (C=O) groups is 2. The Hall–Kier alpha value is -3.95. The first-order chi connectivity index (χ1) is 16.4. The first-order valence-electron chi connectivity index (χ1n) is 11.3. The summed E-state index contributed by atoms with van der Waals surface area (Å²) in [6.45, 7) is 1.61. The Labute approximate surface area is 196 Å². The van der Waals surface area contributed by atoms with Crippen molar-refractivity contribution in [2.75, 3.05) is 19.5 Å². The van der Waals surface area contributed by atoms with Crippen LogP contribution in [0.2, 0.25) is 0 Å². The van der Waals surface area contributed by atoms with E-state index < -0.39 is 0 Å². The molecule has 0 bridgehead atoms. The molecule has 4 aromatic rings. The van der Waals surface area contributed by atoms with Gasteiger partial charge in [-0.3, -0.25) is 14.3 Å². The predicted molar refractivity (Wildman–Crippen MR) is 127 cm³/mol. The molecule has 176 valence electrons. The third-order valence-corrected chi connectivity index (χ3v) is 6.70. The summed E-state index contributed by atoms with van der Waals surface area (Å²) in [5.74, 6) is 0.248. The summed E-state index contributed by atoms with van der Waals surface area (Å²) >= 11 is 0. The lowest BCUT2D eigenvalue weighted by molar-refractivity contribution is -0.130. The number of methoxy groups -OCH3 is 1. The number of nitrogens with zero attached hydrogens (tertiary/aromatic N) is 6. The Morgan fingerprint density at radius 1 is 1.21 bits per heavy atom. The molecule has 1 aliphatic carbocycles. The lowest BCUT2D eigenvalue weighted by atomic mass is 9.90. The molecule has 0 unspecified atom stereocenters. The zero-order valence-electron chi connectivity index (χ0n) is 19.4. The van der Waals surface area contributed by atoms with Crippen LogP contribution in [0.3, 0.4) is 0 Å². The van der Waals surface area contributed by atoms with Crippen LogP contribution in [0.4, 0.5) is 5.69 Å². The van der Waals surface area contributed by atoms with Gasteiger partial charge in [-0.15, -0.1) is 0 Å². The van der Waals surface area contributed by atoms with Gasteiger partial charge in [0.1, 0.15) is 11.4 Å². The van der Waals surface area contributed by atoms with E-state index in [0.717, 1.165) is 36.6 Å². The summed E-state index contributed by atoms with van der Waals surface area (Å²) in [4.78, 5) is 30.9. The molecular formula is C24H27N7O3. The highest BCUT2D eigenvalue weighted by molar-refractivity contribution is 6.09. The van der Waals surface area contributed by atoms with Crippen LogP contribution in [0.5, 0.6) is 5.75 Å². The first-order valence-corrected chi connectivity index (χ1v) is 11.3. The molecule has 10 heteroatoms. The minimum absolute atomic E-state index is 0.103. The van der Waals surface area contributed by atoms with Crippen LogP contribution < -0.4 is 10.1 Å². The number of hydrogen-bond donors (Lipinski definition) is 1.